The number of piperidine rings is 1. The number of amides is 3. The minimum atomic E-state index is -0.242. The molecule has 0 bridgehead atoms. The fourth-order valence-corrected chi connectivity index (χ4v) is 3.55. The van der Waals surface area contributed by atoms with Crippen molar-refractivity contribution < 1.29 is 14.4 Å². The zero-order valence-electron chi connectivity index (χ0n) is 17.0. The van der Waals surface area contributed by atoms with Crippen LogP contribution < -0.4 is 10.6 Å². The molecule has 0 radical (unpaired) electrons. The summed E-state index contributed by atoms with van der Waals surface area (Å²) in [6.45, 7) is 3.85. The molecule has 2 aromatic rings. The van der Waals surface area contributed by atoms with Gasteiger partial charge in [-0.15, -0.1) is 0 Å². The molecule has 158 valence electrons. The molecule has 0 aliphatic carbocycles. The Morgan fingerprint density at radius 3 is 2.17 bits per heavy atom. The van der Waals surface area contributed by atoms with E-state index in [1.807, 2.05) is 6.92 Å². The summed E-state index contributed by atoms with van der Waals surface area (Å²) in [4.78, 5) is 38.9. The van der Waals surface area contributed by atoms with Crippen LogP contribution in [0.25, 0.3) is 0 Å². The molecule has 3 amide bonds. The highest BCUT2D eigenvalue weighted by atomic mass is 35.5. The first kappa shape index (κ1) is 21.8. The monoisotopic (exact) mass is 427 g/mol. The Hall–Kier alpha value is -2.86. The number of rotatable bonds is 6. The van der Waals surface area contributed by atoms with E-state index >= 15 is 0 Å². The first-order chi connectivity index (χ1) is 14.5. The maximum Gasteiger partial charge on any atom is 0.255 e. The maximum atomic E-state index is 12.8. The van der Waals surface area contributed by atoms with Crippen LogP contribution in [0.3, 0.4) is 0 Å². The van der Waals surface area contributed by atoms with Gasteiger partial charge in [0, 0.05) is 47.4 Å². The fraction of sp³-hybridized carbons (Fsp3) is 0.348. The van der Waals surface area contributed by atoms with Gasteiger partial charge in [-0.3, -0.25) is 14.4 Å². The standard InChI is InChI=1S/C23H26ClN3O3/c1-2-13-25-21(28)17-11-14-27(15-12-17)23(30)18-5-9-20(10-6-18)26-22(29)16-3-7-19(24)8-4-16/h3-10,17H,2,11-15H2,1H3,(H,25,28)(H,26,29). The molecule has 0 atom stereocenters. The lowest BCUT2D eigenvalue weighted by molar-refractivity contribution is -0.126. The number of halogens is 1. The molecule has 1 fully saturated rings. The Balaban J connectivity index is 1.53. The van der Waals surface area contributed by atoms with Gasteiger partial charge >= 0.3 is 0 Å². The maximum absolute atomic E-state index is 12.8. The lowest BCUT2D eigenvalue weighted by Gasteiger charge is -2.31. The molecule has 0 spiro atoms. The number of carbonyl (C=O) groups is 3. The third-order valence-electron chi connectivity index (χ3n) is 5.20. The van der Waals surface area contributed by atoms with Gasteiger partial charge in [0.1, 0.15) is 0 Å². The lowest BCUT2D eigenvalue weighted by Crippen LogP contribution is -2.43. The van der Waals surface area contributed by atoms with Gasteiger partial charge in [0.05, 0.1) is 0 Å². The fourth-order valence-electron chi connectivity index (χ4n) is 3.42. The summed E-state index contributed by atoms with van der Waals surface area (Å²) in [5.74, 6) is -0.233. The summed E-state index contributed by atoms with van der Waals surface area (Å²) >= 11 is 5.84. The zero-order valence-corrected chi connectivity index (χ0v) is 17.7. The van der Waals surface area contributed by atoms with Crippen molar-refractivity contribution in [2.24, 2.45) is 5.92 Å². The normalized spacial score (nSPS) is 14.3. The van der Waals surface area contributed by atoms with E-state index in [9.17, 15) is 14.4 Å². The van der Waals surface area contributed by atoms with Gasteiger partial charge in [-0.2, -0.15) is 0 Å². The van der Waals surface area contributed by atoms with Crippen LogP contribution in [-0.4, -0.2) is 42.3 Å². The molecule has 6 nitrogen and oxygen atoms in total. The smallest absolute Gasteiger partial charge is 0.255 e. The summed E-state index contributed by atoms with van der Waals surface area (Å²) in [7, 11) is 0. The molecular formula is C23H26ClN3O3. The highest BCUT2D eigenvalue weighted by Gasteiger charge is 2.27. The SMILES string of the molecule is CCCNC(=O)C1CCN(C(=O)c2ccc(NC(=O)c3ccc(Cl)cc3)cc2)CC1. The topological polar surface area (TPSA) is 78.5 Å². The van der Waals surface area contributed by atoms with Crippen molar-refractivity contribution in [3.05, 3.63) is 64.7 Å². The highest BCUT2D eigenvalue weighted by molar-refractivity contribution is 6.30. The number of nitrogens with one attached hydrogen (secondary N) is 2. The predicted molar refractivity (Wildman–Crippen MR) is 118 cm³/mol. The molecule has 2 N–H and O–H groups in total. The quantitative estimate of drug-likeness (QED) is 0.732. The van der Waals surface area contributed by atoms with E-state index in [1.54, 1.807) is 53.4 Å². The van der Waals surface area contributed by atoms with Crippen LogP contribution in [0, 0.1) is 5.92 Å². The summed E-state index contributed by atoms with van der Waals surface area (Å²) < 4.78 is 0. The zero-order chi connectivity index (χ0) is 21.5. The molecule has 1 aliphatic heterocycles. The summed E-state index contributed by atoms with van der Waals surface area (Å²) in [5, 5.41) is 6.31. The van der Waals surface area contributed by atoms with Gasteiger partial charge in [0.25, 0.3) is 11.8 Å². The second-order valence-electron chi connectivity index (χ2n) is 7.40. The number of hydrogen-bond donors (Lipinski definition) is 2. The van der Waals surface area contributed by atoms with Crippen molar-refractivity contribution in [2.75, 3.05) is 25.0 Å². The Labute approximate surface area is 181 Å². The second-order valence-corrected chi connectivity index (χ2v) is 7.83. The van der Waals surface area contributed by atoms with Crippen molar-refractivity contribution in [1.29, 1.82) is 0 Å². The van der Waals surface area contributed by atoms with Gasteiger partial charge in [0.2, 0.25) is 5.91 Å². The minimum Gasteiger partial charge on any atom is -0.356 e. The Morgan fingerprint density at radius 1 is 0.967 bits per heavy atom. The van der Waals surface area contributed by atoms with Crippen molar-refractivity contribution in [2.45, 2.75) is 26.2 Å². The molecule has 2 aromatic carbocycles. The number of hydrogen-bond acceptors (Lipinski definition) is 3. The molecule has 7 heteroatoms. The molecule has 0 unspecified atom stereocenters. The van der Waals surface area contributed by atoms with Crippen molar-refractivity contribution in [3.63, 3.8) is 0 Å². The van der Waals surface area contributed by atoms with Crippen LogP contribution in [0.4, 0.5) is 5.69 Å². The number of carbonyl (C=O) groups excluding carboxylic acids is 3. The van der Waals surface area contributed by atoms with Crippen LogP contribution in [-0.2, 0) is 4.79 Å². The molecule has 1 saturated heterocycles. The van der Waals surface area contributed by atoms with E-state index in [1.165, 1.54) is 0 Å². The molecule has 30 heavy (non-hydrogen) atoms. The van der Waals surface area contributed by atoms with Gasteiger partial charge in [-0.25, -0.2) is 0 Å². The first-order valence-corrected chi connectivity index (χ1v) is 10.6. The molecule has 0 aromatic heterocycles. The van der Waals surface area contributed by atoms with E-state index < -0.39 is 0 Å². The molecule has 1 aliphatic rings. The number of likely N-dealkylation sites (tertiary alicyclic amines) is 1. The number of benzene rings is 2. The Bertz CT molecular complexity index is 889. The summed E-state index contributed by atoms with van der Waals surface area (Å²) in [6.07, 6.45) is 2.27. The second kappa shape index (κ2) is 10.3. The average molecular weight is 428 g/mol. The molecule has 3 rings (SSSR count). The van der Waals surface area contributed by atoms with Gasteiger partial charge < -0.3 is 15.5 Å². The van der Waals surface area contributed by atoms with Crippen LogP contribution in [0.1, 0.15) is 46.9 Å². The van der Waals surface area contributed by atoms with Crippen molar-refractivity contribution in [1.82, 2.24) is 10.2 Å². The van der Waals surface area contributed by atoms with E-state index in [4.69, 9.17) is 11.6 Å². The van der Waals surface area contributed by atoms with Gasteiger partial charge in [-0.1, -0.05) is 18.5 Å². The molecular weight excluding hydrogens is 402 g/mol. The Kier molecular flexibility index (Phi) is 7.46. The van der Waals surface area contributed by atoms with Crippen molar-refractivity contribution >= 4 is 35.0 Å². The van der Waals surface area contributed by atoms with E-state index in [-0.39, 0.29) is 23.6 Å². The summed E-state index contributed by atoms with van der Waals surface area (Å²) in [5.41, 5.74) is 1.68. The van der Waals surface area contributed by atoms with Crippen LogP contribution in [0.15, 0.2) is 48.5 Å². The highest BCUT2D eigenvalue weighted by Crippen LogP contribution is 2.20. The summed E-state index contributed by atoms with van der Waals surface area (Å²) in [6, 6.07) is 13.5. The number of anilines is 1. The largest absolute Gasteiger partial charge is 0.356 e. The lowest BCUT2D eigenvalue weighted by atomic mass is 9.95. The third-order valence-corrected chi connectivity index (χ3v) is 5.45. The predicted octanol–water partition coefficient (Wildman–Crippen LogP) is 3.97. The van der Waals surface area contributed by atoms with E-state index in [0.717, 1.165) is 6.42 Å². The van der Waals surface area contributed by atoms with Crippen LogP contribution in [0.2, 0.25) is 5.02 Å². The van der Waals surface area contributed by atoms with Gasteiger partial charge in [0.15, 0.2) is 0 Å². The first-order valence-electron chi connectivity index (χ1n) is 10.2. The molecule has 0 saturated carbocycles. The van der Waals surface area contributed by atoms with Gasteiger partial charge in [-0.05, 0) is 67.8 Å². The number of nitrogens with zero attached hydrogens (tertiary/aromatic N) is 1. The minimum absolute atomic E-state index is 0.0222. The van der Waals surface area contributed by atoms with E-state index in [2.05, 4.69) is 10.6 Å². The van der Waals surface area contributed by atoms with Crippen molar-refractivity contribution in [3.8, 4) is 0 Å². The van der Waals surface area contributed by atoms with E-state index in [0.29, 0.717) is 54.3 Å². The molecule has 1 heterocycles. The van der Waals surface area contributed by atoms with Crippen LogP contribution in [0.5, 0.6) is 0 Å². The Morgan fingerprint density at radius 2 is 1.57 bits per heavy atom. The average Bonchev–Trinajstić information content (AvgIpc) is 2.78. The van der Waals surface area contributed by atoms with Crippen LogP contribution >= 0.6 is 11.6 Å². The third kappa shape index (κ3) is 5.60.